The van der Waals surface area contributed by atoms with Gasteiger partial charge >= 0.3 is 0 Å². The number of aromatic nitrogens is 1. The van der Waals surface area contributed by atoms with Crippen LogP contribution in [-0.4, -0.2) is 29.7 Å². The molecule has 2 aliphatic heterocycles. The Kier molecular flexibility index (Phi) is 3.37. The third-order valence-corrected chi connectivity index (χ3v) is 5.06. The van der Waals surface area contributed by atoms with Gasteiger partial charge in [0.1, 0.15) is 5.82 Å². The Bertz CT molecular complexity index is 677. The van der Waals surface area contributed by atoms with Gasteiger partial charge in [-0.05, 0) is 42.8 Å². The van der Waals surface area contributed by atoms with Gasteiger partial charge in [-0.2, -0.15) is 0 Å². The molecule has 0 aliphatic carbocycles. The number of fused-ring (bicyclic) bond motifs is 2. The molecule has 2 aromatic rings. The zero-order valence-electron chi connectivity index (χ0n) is 11.7. The molecule has 2 aliphatic rings. The summed E-state index contributed by atoms with van der Waals surface area (Å²) in [4.78, 5) is 7.10. The lowest BCUT2D eigenvalue weighted by atomic mass is 10.0. The first-order valence-corrected chi connectivity index (χ1v) is 8.50. The van der Waals surface area contributed by atoms with Crippen molar-refractivity contribution in [1.29, 1.82) is 0 Å². The van der Waals surface area contributed by atoms with Gasteiger partial charge in [-0.25, -0.2) is 4.98 Å². The number of halogens is 1. The van der Waals surface area contributed by atoms with E-state index in [4.69, 9.17) is 9.47 Å². The molecule has 110 valence electrons. The van der Waals surface area contributed by atoms with Crippen molar-refractivity contribution >= 4 is 32.5 Å². The van der Waals surface area contributed by atoms with Crippen molar-refractivity contribution in [2.45, 2.75) is 25.3 Å². The summed E-state index contributed by atoms with van der Waals surface area (Å²) < 4.78 is 11.0. The molecule has 1 fully saturated rings. The maximum atomic E-state index is 5.52. The maximum absolute atomic E-state index is 5.52. The van der Waals surface area contributed by atoms with Gasteiger partial charge in [0.2, 0.25) is 6.79 Å². The van der Waals surface area contributed by atoms with E-state index in [0.29, 0.717) is 12.8 Å². The van der Waals surface area contributed by atoms with Gasteiger partial charge in [-0.1, -0.05) is 15.9 Å². The quantitative estimate of drug-likeness (QED) is 0.774. The molecule has 0 saturated carbocycles. The van der Waals surface area contributed by atoms with E-state index in [9.17, 15) is 0 Å². The molecule has 0 bridgehead atoms. The average molecular weight is 349 g/mol. The van der Waals surface area contributed by atoms with E-state index >= 15 is 0 Å². The highest BCUT2D eigenvalue weighted by molar-refractivity contribution is 9.09. The summed E-state index contributed by atoms with van der Waals surface area (Å²) in [6.45, 7) is 1.37. The first kappa shape index (κ1) is 13.2. The minimum absolute atomic E-state index is 0.308. The average Bonchev–Trinajstić information content (AvgIpc) is 2.99. The summed E-state index contributed by atoms with van der Waals surface area (Å²) in [7, 11) is 0. The molecule has 0 spiro atoms. The van der Waals surface area contributed by atoms with Crippen LogP contribution >= 0.6 is 15.9 Å². The van der Waals surface area contributed by atoms with Crippen molar-refractivity contribution < 1.29 is 9.47 Å². The first-order valence-electron chi connectivity index (χ1n) is 7.38. The van der Waals surface area contributed by atoms with Gasteiger partial charge in [-0.3, -0.25) is 0 Å². The molecule has 21 heavy (non-hydrogen) atoms. The summed E-state index contributed by atoms with van der Waals surface area (Å²) in [5.74, 6) is 2.72. The number of anilines is 1. The van der Waals surface area contributed by atoms with Crippen LogP contribution in [0.15, 0.2) is 24.4 Å². The summed E-state index contributed by atoms with van der Waals surface area (Å²) in [6, 6.07) is 6.67. The Labute approximate surface area is 132 Å². The lowest BCUT2D eigenvalue weighted by Crippen LogP contribution is -2.41. The zero-order valence-corrected chi connectivity index (χ0v) is 13.3. The van der Waals surface area contributed by atoms with Crippen LogP contribution in [0.4, 0.5) is 5.82 Å². The lowest BCUT2D eigenvalue weighted by Gasteiger charge is -2.36. The molecule has 1 aromatic heterocycles. The minimum Gasteiger partial charge on any atom is -0.454 e. The van der Waals surface area contributed by atoms with Crippen molar-refractivity contribution in [3.8, 4) is 11.5 Å². The Morgan fingerprint density at radius 3 is 2.95 bits per heavy atom. The number of rotatable bonds is 2. The summed E-state index contributed by atoms with van der Waals surface area (Å²) >= 11 is 3.65. The fourth-order valence-electron chi connectivity index (χ4n) is 3.22. The molecule has 5 heteroatoms. The Balaban J connectivity index is 1.84. The van der Waals surface area contributed by atoms with Crippen molar-refractivity contribution in [3.63, 3.8) is 0 Å². The van der Waals surface area contributed by atoms with Crippen LogP contribution in [0.5, 0.6) is 11.5 Å². The Morgan fingerprint density at radius 2 is 2.10 bits per heavy atom. The van der Waals surface area contributed by atoms with Crippen molar-refractivity contribution in [2.75, 3.05) is 23.6 Å². The van der Waals surface area contributed by atoms with Crippen LogP contribution < -0.4 is 14.4 Å². The molecular weight excluding hydrogens is 332 g/mol. The van der Waals surface area contributed by atoms with Gasteiger partial charge in [0, 0.05) is 29.5 Å². The third kappa shape index (κ3) is 2.24. The summed E-state index contributed by atoms with van der Waals surface area (Å²) in [5, 5.41) is 3.29. The molecule has 4 rings (SSSR count). The van der Waals surface area contributed by atoms with Crippen LogP contribution in [-0.2, 0) is 0 Å². The fraction of sp³-hybridized carbons (Fsp3) is 0.438. The van der Waals surface area contributed by atoms with E-state index in [0.717, 1.165) is 40.0 Å². The van der Waals surface area contributed by atoms with Gasteiger partial charge in [0.05, 0.1) is 0 Å². The standard InChI is InChI=1S/C16H17BrN2O2/c17-9-12-3-1-2-6-19(12)16-13-8-15-14(20-10-21-15)7-11(13)4-5-18-16/h4-5,7-8,12H,1-3,6,9-10H2. The number of piperidine rings is 1. The van der Waals surface area contributed by atoms with Gasteiger partial charge in [-0.15, -0.1) is 0 Å². The predicted molar refractivity (Wildman–Crippen MR) is 86.6 cm³/mol. The van der Waals surface area contributed by atoms with Gasteiger partial charge in [0.15, 0.2) is 11.5 Å². The number of ether oxygens (including phenoxy) is 2. The Morgan fingerprint density at radius 1 is 1.24 bits per heavy atom. The second kappa shape index (κ2) is 5.37. The second-order valence-corrected chi connectivity index (χ2v) is 6.21. The van der Waals surface area contributed by atoms with E-state index in [1.807, 2.05) is 12.3 Å². The highest BCUT2D eigenvalue weighted by atomic mass is 79.9. The number of benzene rings is 1. The molecule has 1 unspecified atom stereocenters. The number of hydrogen-bond acceptors (Lipinski definition) is 4. The normalized spacial score (nSPS) is 21.0. The molecule has 0 amide bonds. The second-order valence-electron chi connectivity index (χ2n) is 5.56. The van der Waals surface area contributed by atoms with Crippen LogP contribution in [0.25, 0.3) is 10.8 Å². The summed E-state index contributed by atoms with van der Waals surface area (Å²) in [5.41, 5.74) is 0. The molecular formula is C16H17BrN2O2. The number of pyridine rings is 1. The Hall–Kier alpha value is -1.49. The molecule has 1 aromatic carbocycles. The summed E-state index contributed by atoms with van der Waals surface area (Å²) in [6.07, 6.45) is 5.63. The van der Waals surface area contributed by atoms with Crippen molar-refractivity contribution in [2.24, 2.45) is 0 Å². The van der Waals surface area contributed by atoms with E-state index in [2.05, 4.69) is 37.9 Å². The number of nitrogens with zero attached hydrogens (tertiary/aromatic N) is 2. The van der Waals surface area contributed by atoms with Crippen LogP contribution in [0.1, 0.15) is 19.3 Å². The van der Waals surface area contributed by atoms with Crippen LogP contribution in [0.2, 0.25) is 0 Å². The maximum Gasteiger partial charge on any atom is 0.231 e. The molecule has 1 saturated heterocycles. The van der Waals surface area contributed by atoms with Gasteiger partial charge in [0.25, 0.3) is 0 Å². The smallest absolute Gasteiger partial charge is 0.231 e. The minimum atomic E-state index is 0.308. The molecule has 3 heterocycles. The zero-order chi connectivity index (χ0) is 14.2. The van der Waals surface area contributed by atoms with E-state index in [-0.39, 0.29) is 0 Å². The topological polar surface area (TPSA) is 34.6 Å². The highest BCUT2D eigenvalue weighted by Gasteiger charge is 2.25. The highest BCUT2D eigenvalue weighted by Crippen LogP contribution is 2.39. The van der Waals surface area contributed by atoms with Crippen molar-refractivity contribution in [3.05, 3.63) is 24.4 Å². The molecule has 1 atom stereocenters. The third-order valence-electron chi connectivity index (χ3n) is 4.31. The first-order chi connectivity index (χ1) is 10.4. The SMILES string of the molecule is BrCC1CCCCN1c1nccc2cc3c(cc12)OCO3. The lowest BCUT2D eigenvalue weighted by molar-refractivity contribution is 0.174. The van der Waals surface area contributed by atoms with E-state index < -0.39 is 0 Å². The largest absolute Gasteiger partial charge is 0.454 e. The van der Waals surface area contributed by atoms with Crippen LogP contribution in [0.3, 0.4) is 0 Å². The number of hydrogen-bond donors (Lipinski definition) is 0. The van der Waals surface area contributed by atoms with E-state index in [1.54, 1.807) is 0 Å². The molecule has 0 radical (unpaired) electrons. The fourth-order valence-corrected chi connectivity index (χ4v) is 3.89. The van der Waals surface area contributed by atoms with Gasteiger partial charge < -0.3 is 14.4 Å². The van der Waals surface area contributed by atoms with E-state index in [1.165, 1.54) is 19.3 Å². The molecule has 4 nitrogen and oxygen atoms in total. The number of alkyl halides is 1. The van der Waals surface area contributed by atoms with Crippen molar-refractivity contribution in [1.82, 2.24) is 4.98 Å². The predicted octanol–water partition coefficient (Wildman–Crippen LogP) is 3.72. The monoisotopic (exact) mass is 348 g/mol. The van der Waals surface area contributed by atoms with Crippen LogP contribution in [0, 0.1) is 0 Å². The molecule has 0 N–H and O–H groups in total.